The normalized spacial score (nSPS) is 18.2. The molecule has 1 saturated heterocycles. The predicted octanol–water partition coefficient (Wildman–Crippen LogP) is 6.05. The third-order valence-electron chi connectivity index (χ3n) is 5.26. The molecule has 1 heterocycles. The van der Waals surface area contributed by atoms with Crippen LogP contribution in [0.15, 0.2) is 59.7 Å². The molecule has 4 heteroatoms. The number of carboxylic acid groups (broad SMARTS) is 1. The van der Waals surface area contributed by atoms with Gasteiger partial charge in [0, 0.05) is 5.57 Å². The fourth-order valence-electron chi connectivity index (χ4n) is 4.35. The molecule has 0 atom stereocenters. The van der Waals surface area contributed by atoms with Crippen LogP contribution in [-0.4, -0.2) is 27.4 Å². The molecule has 0 spiro atoms. The predicted molar refractivity (Wildman–Crippen MR) is 120 cm³/mol. The molecule has 2 aromatic rings. The first-order valence-corrected chi connectivity index (χ1v) is 10.2. The lowest BCUT2D eigenvalue weighted by molar-refractivity contribution is -0.138. The fourth-order valence-corrected chi connectivity index (χ4v) is 4.35. The third-order valence-corrected chi connectivity index (χ3v) is 5.26. The first kappa shape index (κ1) is 21.8. The van der Waals surface area contributed by atoms with Crippen molar-refractivity contribution >= 4 is 17.6 Å². The highest BCUT2D eigenvalue weighted by Crippen LogP contribution is 2.43. The molecule has 30 heavy (non-hydrogen) atoms. The summed E-state index contributed by atoms with van der Waals surface area (Å²) < 4.78 is 6.28. The van der Waals surface area contributed by atoms with Crippen molar-refractivity contribution in [3.8, 4) is 5.75 Å². The zero-order valence-electron chi connectivity index (χ0n) is 18.3. The molecule has 0 amide bonds. The number of benzene rings is 2. The fraction of sp³-hybridized carbons (Fsp3) is 0.346. The minimum absolute atomic E-state index is 0.236. The molecule has 4 nitrogen and oxygen atoms in total. The molecule has 0 aromatic heterocycles. The molecule has 1 aliphatic heterocycles. The Bertz CT molecular complexity index is 972. The summed E-state index contributed by atoms with van der Waals surface area (Å²) in [6, 6.07) is 15.2. The highest BCUT2D eigenvalue weighted by Gasteiger charge is 2.37. The van der Waals surface area contributed by atoms with E-state index < -0.39 is 5.97 Å². The Morgan fingerprint density at radius 3 is 1.83 bits per heavy atom. The SMILES string of the molecule is C/C(=C\c1ccc(C(=C2CC(C)(C)OC(C)(C)C2)c2ccc(O)cc2)cc1)C(=O)O. The van der Waals surface area contributed by atoms with E-state index in [-0.39, 0.29) is 17.0 Å². The van der Waals surface area contributed by atoms with Crippen LogP contribution >= 0.6 is 0 Å². The van der Waals surface area contributed by atoms with Crippen LogP contribution in [0.2, 0.25) is 0 Å². The van der Waals surface area contributed by atoms with Gasteiger partial charge in [-0.3, -0.25) is 0 Å². The number of hydrogen-bond donors (Lipinski definition) is 2. The molecule has 0 unspecified atom stereocenters. The van der Waals surface area contributed by atoms with Crippen LogP contribution in [0.5, 0.6) is 5.75 Å². The lowest BCUT2D eigenvalue weighted by atomic mass is 9.79. The van der Waals surface area contributed by atoms with Crippen LogP contribution in [0.25, 0.3) is 11.6 Å². The molecule has 1 fully saturated rings. The maximum absolute atomic E-state index is 11.1. The minimum Gasteiger partial charge on any atom is -0.508 e. The molecule has 0 aliphatic carbocycles. The standard InChI is InChI=1S/C26H30O4/c1-17(24(28)29)14-18-6-8-19(9-7-18)23(20-10-12-22(27)13-11-20)21-15-25(2,3)30-26(4,5)16-21/h6-14,27H,15-16H2,1-5H3,(H,28,29)/b17-14+. The molecule has 0 saturated carbocycles. The summed E-state index contributed by atoms with van der Waals surface area (Å²) in [6.07, 6.45) is 3.29. The van der Waals surface area contributed by atoms with E-state index >= 15 is 0 Å². The molecule has 1 aliphatic rings. The van der Waals surface area contributed by atoms with Gasteiger partial charge < -0.3 is 14.9 Å². The number of rotatable bonds is 4. The average molecular weight is 407 g/mol. The molecule has 2 N–H and O–H groups in total. The first-order valence-electron chi connectivity index (χ1n) is 10.2. The quantitative estimate of drug-likeness (QED) is 0.607. The highest BCUT2D eigenvalue weighted by atomic mass is 16.5. The molecular formula is C26H30O4. The van der Waals surface area contributed by atoms with Gasteiger partial charge in [0.2, 0.25) is 0 Å². The van der Waals surface area contributed by atoms with Gasteiger partial charge in [0.25, 0.3) is 0 Å². The van der Waals surface area contributed by atoms with E-state index in [1.807, 2.05) is 36.4 Å². The maximum Gasteiger partial charge on any atom is 0.331 e. The number of phenols is 1. The van der Waals surface area contributed by atoms with Crippen molar-refractivity contribution in [3.05, 3.63) is 76.4 Å². The second kappa shape index (κ2) is 8.11. The van der Waals surface area contributed by atoms with Gasteiger partial charge >= 0.3 is 5.97 Å². The van der Waals surface area contributed by atoms with Gasteiger partial charge in [-0.2, -0.15) is 0 Å². The van der Waals surface area contributed by atoms with Crippen LogP contribution in [0.1, 0.15) is 64.2 Å². The largest absolute Gasteiger partial charge is 0.508 e. The minimum atomic E-state index is -0.919. The van der Waals surface area contributed by atoms with Crippen molar-refractivity contribution < 1.29 is 19.7 Å². The van der Waals surface area contributed by atoms with Crippen LogP contribution in [0.3, 0.4) is 0 Å². The summed E-state index contributed by atoms with van der Waals surface area (Å²) in [5.74, 6) is -0.682. The number of hydrogen-bond acceptors (Lipinski definition) is 3. The van der Waals surface area contributed by atoms with Crippen molar-refractivity contribution in [1.82, 2.24) is 0 Å². The summed E-state index contributed by atoms with van der Waals surface area (Å²) >= 11 is 0. The number of carboxylic acids is 1. The number of ether oxygens (including phenoxy) is 1. The van der Waals surface area contributed by atoms with Crippen molar-refractivity contribution in [1.29, 1.82) is 0 Å². The van der Waals surface area contributed by atoms with Crippen LogP contribution in [0, 0.1) is 0 Å². The van der Waals surface area contributed by atoms with Gasteiger partial charge in [-0.05, 0) is 87.9 Å². The highest BCUT2D eigenvalue weighted by molar-refractivity contribution is 5.91. The molecule has 0 bridgehead atoms. The van der Waals surface area contributed by atoms with Crippen molar-refractivity contribution in [2.45, 2.75) is 58.7 Å². The summed E-state index contributed by atoms with van der Waals surface area (Å²) in [6.45, 7) is 10.1. The van der Waals surface area contributed by atoms with E-state index in [1.54, 1.807) is 25.1 Å². The van der Waals surface area contributed by atoms with Crippen molar-refractivity contribution in [2.75, 3.05) is 0 Å². The van der Waals surface area contributed by atoms with E-state index in [4.69, 9.17) is 9.84 Å². The zero-order chi connectivity index (χ0) is 22.1. The number of phenolic OH excluding ortho intramolecular Hbond substituents is 1. The number of aromatic hydroxyl groups is 1. The second-order valence-electron chi connectivity index (χ2n) is 9.25. The van der Waals surface area contributed by atoms with E-state index in [9.17, 15) is 9.90 Å². The van der Waals surface area contributed by atoms with Gasteiger partial charge in [-0.1, -0.05) is 42.0 Å². The zero-order valence-corrected chi connectivity index (χ0v) is 18.3. The first-order chi connectivity index (χ1) is 14.0. The summed E-state index contributed by atoms with van der Waals surface area (Å²) in [7, 11) is 0. The van der Waals surface area contributed by atoms with Crippen LogP contribution in [0.4, 0.5) is 0 Å². The Hall–Kier alpha value is -2.85. The maximum atomic E-state index is 11.1. The van der Waals surface area contributed by atoms with Gasteiger partial charge in [0.15, 0.2) is 0 Å². The monoisotopic (exact) mass is 406 g/mol. The van der Waals surface area contributed by atoms with Gasteiger partial charge in [-0.25, -0.2) is 4.79 Å². The topological polar surface area (TPSA) is 66.8 Å². The summed E-state index contributed by atoms with van der Waals surface area (Å²) in [4.78, 5) is 11.1. The van der Waals surface area contributed by atoms with Gasteiger partial charge in [0.05, 0.1) is 11.2 Å². The summed E-state index contributed by atoms with van der Waals surface area (Å²) in [5.41, 5.74) is 5.16. The van der Waals surface area contributed by atoms with E-state index in [1.165, 1.54) is 5.57 Å². The van der Waals surface area contributed by atoms with Crippen LogP contribution in [-0.2, 0) is 9.53 Å². The smallest absolute Gasteiger partial charge is 0.331 e. The molecule has 2 aromatic carbocycles. The van der Waals surface area contributed by atoms with E-state index in [0.29, 0.717) is 5.57 Å². The van der Waals surface area contributed by atoms with Crippen LogP contribution < -0.4 is 0 Å². The lowest BCUT2D eigenvalue weighted by Gasteiger charge is -2.43. The second-order valence-corrected chi connectivity index (χ2v) is 9.25. The van der Waals surface area contributed by atoms with E-state index in [0.717, 1.165) is 35.1 Å². The molecule has 3 rings (SSSR count). The Morgan fingerprint density at radius 1 is 0.900 bits per heavy atom. The van der Waals surface area contributed by atoms with Crippen molar-refractivity contribution in [2.24, 2.45) is 0 Å². The number of aliphatic carboxylic acids is 1. The Labute approximate surface area is 178 Å². The van der Waals surface area contributed by atoms with Gasteiger partial charge in [0.1, 0.15) is 5.75 Å². The average Bonchev–Trinajstić information content (AvgIpc) is 2.62. The molecular weight excluding hydrogens is 376 g/mol. The molecule has 0 radical (unpaired) electrons. The van der Waals surface area contributed by atoms with Crippen molar-refractivity contribution in [3.63, 3.8) is 0 Å². The lowest BCUT2D eigenvalue weighted by Crippen LogP contribution is -2.42. The van der Waals surface area contributed by atoms with E-state index in [2.05, 4.69) is 27.7 Å². The number of carbonyl (C=O) groups is 1. The summed E-state index contributed by atoms with van der Waals surface area (Å²) in [5, 5.41) is 18.9. The Balaban J connectivity index is 2.12. The van der Waals surface area contributed by atoms with Gasteiger partial charge in [-0.15, -0.1) is 0 Å². The molecule has 158 valence electrons. The Morgan fingerprint density at radius 2 is 1.37 bits per heavy atom. The third kappa shape index (κ3) is 5.19. The Kier molecular flexibility index (Phi) is 5.91.